The summed E-state index contributed by atoms with van der Waals surface area (Å²) in [5, 5.41) is 13.8. The third-order valence-electron chi connectivity index (χ3n) is 2.42. The Morgan fingerprint density at radius 3 is 2.94 bits per heavy atom. The minimum atomic E-state index is -0.453. The molecule has 16 heavy (non-hydrogen) atoms. The summed E-state index contributed by atoms with van der Waals surface area (Å²) >= 11 is 0. The highest BCUT2D eigenvalue weighted by Crippen LogP contribution is 2.21. The van der Waals surface area contributed by atoms with Gasteiger partial charge in [-0.1, -0.05) is 6.07 Å². The second-order valence-corrected chi connectivity index (χ2v) is 3.51. The van der Waals surface area contributed by atoms with Crippen molar-refractivity contribution in [3.63, 3.8) is 0 Å². The molecule has 6 heteroatoms. The van der Waals surface area contributed by atoms with Crippen LogP contribution in [0.15, 0.2) is 18.2 Å². The average Bonchev–Trinajstić information content (AvgIpc) is 2.58. The number of fused-ring (bicyclic) bond motifs is 1. The van der Waals surface area contributed by atoms with E-state index in [4.69, 9.17) is 0 Å². The van der Waals surface area contributed by atoms with E-state index in [2.05, 4.69) is 10.3 Å². The van der Waals surface area contributed by atoms with Crippen molar-refractivity contribution in [2.45, 2.75) is 13.5 Å². The highest BCUT2D eigenvalue weighted by Gasteiger charge is 2.20. The van der Waals surface area contributed by atoms with Crippen LogP contribution in [0.1, 0.15) is 11.5 Å². The van der Waals surface area contributed by atoms with E-state index in [-0.39, 0.29) is 5.82 Å². The molecule has 1 N–H and O–H groups in total. The maximum Gasteiger partial charge on any atom is 0.389 e. The van der Waals surface area contributed by atoms with Gasteiger partial charge in [0.05, 0.1) is 0 Å². The molecular weight excluding hydrogens is 208 g/mol. The van der Waals surface area contributed by atoms with E-state index in [1.807, 2.05) is 13.1 Å². The van der Waals surface area contributed by atoms with Crippen LogP contribution in [0, 0.1) is 17.0 Å². The molecule has 0 aliphatic carbocycles. The van der Waals surface area contributed by atoms with Gasteiger partial charge in [0, 0.05) is 19.2 Å². The van der Waals surface area contributed by atoms with E-state index in [0.29, 0.717) is 17.9 Å². The second-order valence-electron chi connectivity index (χ2n) is 3.51. The molecular formula is C10H12N4O2. The summed E-state index contributed by atoms with van der Waals surface area (Å²) in [4.78, 5) is 14.3. The number of hydrogen-bond donors (Lipinski definition) is 1. The molecule has 0 amide bonds. The van der Waals surface area contributed by atoms with Gasteiger partial charge in [-0.05, 0) is 29.1 Å². The van der Waals surface area contributed by atoms with Crippen molar-refractivity contribution in [1.82, 2.24) is 14.7 Å². The van der Waals surface area contributed by atoms with Crippen LogP contribution in [-0.4, -0.2) is 21.4 Å². The van der Waals surface area contributed by atoms with Gasteiger partial charge in [-0.3, -0.25) is 4.40 Å². The van der Waals surface area contributed by atoms with Crippen LogP contribution in [0.5, 0.6) is 0 Å². The molecule has 0 unspecified atom stereocenters. The van der Waals surface area contributed by atoms with Crippen molar-refractivity contribution in [3.05, 3.63) is 39.8 Å². The molecule has 0 spiro atoms. The lowest BCUT2D eigenvalue weighted by molar-refractivity contribution is -0.387. The van der Waals surface area contributed by atoms with Gasteiger partial charge in [0.25, 0.3) is 0 Å². The summed E-state index contributed by atoms with van der Waals surface area (Å²) in [6.07, 6.45) is 0. The largest absolute Gasteiger partial charge is 0.389 e. The average molecular weight is 220 g/mol. The summed E-state index contributed by atoms with van der Waals surface area (Å²) in [6.45, 7) is 2.41. The molecule has 0 fully saturated rings. The Morgan fingerprint density at radius 1 is 1.56 bits per heavy atom. The first-order valence-corrected chi connectivity index (χ1v) is 4.91. The van der Waals surface area contributed by atoms with Crippen LogP contribution in [-0.2, 0) is 6.54 Å². The van der Waals surface area contributed by atoms with Crippen molar-refractivity contribution in [1.29, 1.82) is 0 Å². The van der Waals surface area contributed by atoms with Crippen molar-refractivity contribution < 1.29 is 4.92 Å². The smallest absolute Gasteiger partial charge is 0.358 e. The third kappa shape index (κ3) is 1.53. The first-order chi connectivity index (χ1) is 7.65. The number of hydrogen-bond acceptors (Lipinski definition) is 4. The SMILES string of the molecule is CNCc1cccc2c([N+](=O)[O-])nc(C)n12. The molecule has 0 saturated carbocycles. The summed E-state index contributed by atoms with van der Waals surface area (Å²) in [5.41, 5.74) is 1.49. The Hall–Kier alpha value is -1.95. The quantitative estimate of drug-likeness (QED) is 0.624. The van der Waals surface area contributed by atoms with Gasteiger partial charge in [0.15, 0.2) is 0 Å². The third-order valence-corrected chi connectivity index (χ3v) is 2.42. The van der Waals surface area contributed by atoms with Crippen LogP contribution in [0.4, 0.5) is 5.82 Å². The highest BCUT2D eigenvalue weighted by atomic mass is 16.6. The molecule has 0 radical (unpaired) electrons. The van der Waals surface area contributed by atoms with E-state index >= 15 is 0 Å². The van der Waals surface area contributed by atoms with Gasteiger partial charge in [-0.2, -0.15) is 0 Å². The van der Waals surface area contributed by atoms with E-state index in [0.717, 1.165) is 5.69 Å². The minimum Gasteiger partial charge on any atom is -0.358 e. The fraction of sp³-hybridized carbons (Fsp3) is 0.300. The zero-order chi connectivity index (χ0) is 11.7. The first kappa shape index (κ1) is 10.6. The second kappa shape index (κ2) is 3.90. The number of imidazole rings is 1. The Bertz CT molecular complexity index is 547. The van der Waals surface area contributed by atoms with Gasteiger partial charge >= 0.3 is 5.82 Å². The van der Waals surface area contributed by atoms with Crippen LogP contribution >= 0.6 is 0 Å². The maximum atomic E-state index is 10.8. The summed E-state index contributed by atoms with van der Waals surface area (Å²) in [5.74, 6) is 0.544. The molecule has 0 aromatic carbocycles. The molecule has 2 aromatic heterocycles. The summed E-state index contributed by atoms with van der Waals surface area (Å²) < 4.78 is 1.80. The van der Waals surface area contributed by atoms with Gasteiger partial charge in [-0.25, -0.2) is 0 Å². The van der Waals surface area contributed by atoms with Crippen LogP contribution in [0.2, 0.25) is 0 Å². The zero-order valence-electron chi connectivity index (χ0n) is 9.10. The van der Waals surface area contributed by atoms with Crippen molar-refractivity contribution in [2.75, 3.05) is 7.05 Å². The molecule has 2 rings (SSSR count). The lowest BCUT2D eigenvalue weighted by Gasteiger charge is -2.03. The molecule has 0 aliphatic heterocycles. The van der Waals surface area contributed by atoms with E-state index in [1.54, 1.807) is 23.5 Å². The molecule has 2 aromatic rings. The molecule has 0 bridgehead atoms. The van der Waals surface area contributed by atoms with Gasteiger partial charge < -0.3 is 15.4 Å². The number of nitrogens with zero attached hydrogens (tertiary/aromatic N) is 3. The molecule has 0 aliphatic rings. The first-order valence-electron chi connectivity index (χ1n) is 4.91. The molecule has 6 nitrogen and oxygen atoms in total. The number of aryl methyl sites for hydroxylation is 1. The Kier molecular flexibility index (Phi) is 2.57. The van der Waals surface area contributed by atoms with Crippen LogP contribution in [0.25, 0.3) is 5.52 Å². The van der Waals surface area contributed by atoms with E-state index in [1.165, 1.54) is 0 Å². The molecule has 84 valence electrons. The van der Waals surface area contributed by atoms with Gasteiger partial charge in [0.1, 0.15) is 5.52 Å². The Balaban J connectivity index is 2.74. The minimum absolute atomic E-state index is 0.0875. The van der Waals surface area contributed by atoms with Gasteiger partial charge in [-0.15, -0.1) is 0 Å². The van der Waals surface area contributed by atoms with Crippen LogP contribution in [0.3, 0.4) is 0 Å². The van der Waals surface area contributed by atoms with Crippen molar-refractivity contribution in [2.24, 2.45) is 0 Å². The number of rotatable bonds is 3. The number of aromatic nitrogens is 2. The highest BCUT2D eigenvalue weighted by molar-refractivity contribution is 5.63. The Labute approximate surface area is 92.1 Å². The monoisotopic (exact) mass is 220 g/mol. The van der Waals surface area contributed by atoms with Crippen molar-refractivity contribution in [3.8, 4) is 0 Å². The van der Waals surface area contributed by atoms with Crippen LogP contribution < -0.4 is 5.32 Å². The number of nitrogens with one attached hydrogen (secondary N) is 1. The molecule has 0 saturated heterocycles. The Morgan fingerprint density at radius 2 is 2.31 bits per heavy atom. The summed E-state index contributed by atoms with van der Waals surface area (Å²) in [6, 6.07) is 5.43. The fourth-order valence-electron chi connectivity index (χ4n) is 1.82. The number of pyridine rings is 1. The zero-order valence-corrected chi connectivity index (χ0v) is 9.10. The topological polar surface area (TPSA) is 72.5 Å². The van der Waals surface area contributed by atoms with E-state index < -0.39 is 4.92 Å². The van der Waals surface area contributed by atoms with E-state index in [9.17, 15) is 10.1 Å². The predicted octanol–water partition coefficient (Wildman–Crippen LogP) is 1.27. The normalized spacial score (nSPS) is 10.9. The lowest BCUT2D eigenvalue weighted by Crippen LogP contribution is -2.09. The van der Waals surface area contributed by atoms with Gasteiger partial charge in [0.2, 0.25) is 5.82 Å². The maximum absolute atomic E-state index is 10.8. The predicted molar refractivity (Wildman–Crippen MR) is 59.3 cm³/mol. The number of nitro groups is 1. The molecule has 2 heterocycles. The summed E-state index contributed by atoms with van der Waals surface area (Å²) in [7, 11) is 1.83. The lowest BCUT2D eigenvalue weighted by atomic mass is 10.3. The standard InChI is InChI=1S/C10H12N4O2/c1-7-12-10(14(15)16)9-5-3-4-8(6-11-2)13(7)9/h3-5,11H,6H2,1-2H3. The fourth-order valence-corrected chi connectivity index (χ4v) is 1.82. The molecule has 0 atom stereocenters. The van der Waals surface area contributed by atoms with Crippen molar-refractivity contribution >= 4 is 11.3 Å².